The van der Waals surface area contributed by atoms with Gasteiger partial charge in [0, 0.05) is 0 Å². The molecule has 2 aromatic rings. The third-order valence-electron chi connectivity index (χ3n) is 0.986. The zero-order valence-electron chi connectivity index (χ0n) is 4.00. The minimum Gasteiger partial charge on any atom is -0.345 e. The first-order valence-corrected chi connectivity index (χ1v) is 3.13. The van der Waals surface area contributed by atoms with Gasteiger partial charge in [0.25, 0.3) is 0 Å². The molecular formula is C5H3NOS. The molecule has 0 N–H and O–H groups in total. The van der Waals surface area contributed by atoms with Crippen molar-refractivity contribution in [2.75, 3.05) is 0 Å². The van der Waals surface area contributed by atoms with Crippen LogP contribution in [0.1, 0.15) is 0 Å². The Morgan fingerprint density at radius 1 is 1.62 bits per heavy atom. The number of hydrogen-bond donors (Lipinski definition) is 0. The molecule has 0 aliphatic heterocycles. The van der Waals surface area contributed by atoms with Crippen molar-refractivity contribution in [2.24, 2.45) is 0 Å². The molecule has 0 unspecified atom stereocenters. The van der Waals surface area contributed by atoms with E-state index in [4.69, 9.17) is 4.52 Å². The average Bonchev–Trinajstić information content (AvgIpc) is 2.15. The zero-order valence-corrected chi connectivity index (χ0v) is 4.81. The fourth-order valence-corrected chi connectivity index (χ4v) is 1.29. The number of hydrogen-bond acceptors (Lipinski definition) is 3. The number of nitrogens with zero attached hydrogens (tertiary/aromatic N) is 1. The predicted octanol–water partition coefficient (Wildman–Crippen LogP) is 1.89. The Kier molecular flexibility index (Phi) is 0.676. The van der Waals surface area contributed by atoms with Gasteiger partial charge in [0.15, 0.2) is 0 Å². The molecule has 2 aromatic heterocycles. The molecule has 0 amide bonds. The molecule has 8 heavy (non-hydrogen) atoms. The molecule has 0 bridgehead atoms. The highest BCUT2D eigenvalue weighted by Crippen LogP contribution is 2.18. The lowest BCUT2D eigenvalue weighted by Crippen LogP contribution is -1.43. The van der Waals surface area contributed by atoms with E-state index in [9.17, 15) is 0 Å². The first kappa shape index (κ1) is 4.09. The fraction of sp³-hybridized carbons (Fsp3) is 0. The average molecular weight is 125 g/mol. The molecule has 2 heterocycles. The van der Waals surface area contributed by atoms with Crippen molar-refractivity contribution in [1.82, 2.24) is 5.16 Å². The lowest BCUT2D eigenvalue weighted by molar-refractivity contribution is 0.461. The van der Waals surface area contributed by atoms with Crippen LogP contribution in [0.25, 0.3) is 10.3 Å². The molecule has 0 aromatic carbocycles. The van der Waals surface area contributed by atoms with E-state index in [2.05, 4.69) is 5.16 Å². The second-order valence-electron chi connectivity index (χ2n) is 1.49. The van der Waals surface area contributed by atoms with Crippen molar-refractivity contribution in [3.8, 4) is 0 Å². The molecule has 0 atom stereocenters. The Hall–Kier alpha value is -0.830. The van der Waals surface area contributed by atoms with Gasteiger partial charge in [0.05, 0.1) is 11.6 Å². The van der Waals surface area contributed by atoms with Gasteiger partial charge >= 0.3 is 0 Å². The lowest BCUT2D eigenvalue weighted by Gasteiger charge is -1.61. The van der Waals surface area contributed by atoms with Crippen molar-refractivity contribution >= 4 is 21.6 Å². The number of aromatic nitrogens is 1. The van der Waals surface area contributed by atoms with E-state index in [1.807, 2.05) is 11.4 Å². The first-order chi connectivity index (χ1) is 3.97. The molecular weight excluding hydrogens is 122 g/mol. The van der Waals surface area contributed by atoms with Gasteiger partial charge in [0.1, 0.15) is 0 Å². The predicted molar refractivity (Wildman–Crippen MR) is 31.9 cm³/mol. The van der Waals surface area contributed by atoms with E-state index in [-0.39, 0.29) is 0 Å². The van der Waals surface area contributed by atoms with Crippen molar-refractivity contribution < 1.29 is 4.52 Å². The quantitative estimate of drug-likeness (QED) is 0.537. The highest BCUT2D eigenvalue weighted by molar-refractivity contribution is 7.16. The van der Waals surface area contributed by atoms with Crippen LogP contribution >= 0.6 is 11.3 Å². The maximum absolute atomic E-state index is 4.83. The maximum atomic E-state index is 4.83. The van der Waals surface area contributed by atoms with Gasteiger partial charge < -0.3 is 4.52 Å². The van der Waals surface area contributed by atoms with Crippen LogP contribution in [0, 0.1) is 0 Å². The summed E-state index contributed by atoms with van der Waals surface area (Å²) in [6.45, 7) is 0. The smallest absolute Gasteiger partial charge is 0.220 e. The highest BCUT2D eigenvalue weighted by Gasteiger charge is 1.94. The summed E-state index contributed by atoms with van der Waals surface area (Å²) in [5.74, 6) is 0. The number of thiophene rings is 1. The summed E-state index contributed by atoms with van der Waals surface area (Å²) in [5, 5.41) is 6.67. The summed E-state index contributed by atoms with van der Waals surface area (Å²) in [6.07, 6.45) is 1.71. The molecule has 0 fully saturated rings. The van der Waals surface area contributed by atoms with E-state index in [1.54, 1.807) is 17.5 Å². The Balaban J connectivity index is 3.06. The summed E-state index contributed by atoms with van der Waals surface area (Å²) in [6, 6.07) is 1.98. The van der Waals surface area contributed by atoms with E-state index >= 15 is 0 Å². The van der Waals surface area contributed by atoms with Crippen molar-refractivity contribution in [3.05, 3.63) is 17.6 Å². The number of rotatable bonds is 0. The van der Waals surface area contributed by atoms with Crippen LogP contribution in [0.5, 0.6) is 0 Å². The van der Waals surface area contributed by atoms with Crippen molar-refractivity contribution in [1.29, 1.82) is 0 Å². The zero-order chi connectivity index (χ0) is 5.40. The summed E-state index contributed by atoms with van der Waals surface area (Å²) in [7, 11) is 0. The van der Waals surface area contributed by atoms with Crippen LogP contribution in [0.4, 0.5) is 0 Å². The van der Waals surface area contributed by atoms with Crippen molar-refractivity contribution in [2.45, 2.75) is 0 Å². The van der Waals surface area contributed by atoms with Crippen LogP contribution in [0.2, 0.25) is 0 Å². The van der Waals surface area contributed by atoms with Crippen LogP contribution in [-0.2, 0) is 0 Å². The standard InChI is InChI=1S/C5H3NOS/c1-2-8-5-4(1)3-6-7-5/h1-3H. The van der Waals surface area contributed by atoms with Gasteiger partial charge in [0.2, 0.25) is 4.90 Å². The van der Waals surface area contributed by atoms with Crippen LogP contribution in [0.15, 0.2) is 22.2 Å². The van der Waals surface area contributed by atoms with Gasteiger partial charge in [-0.25, -0.2) is 0 Å². The minimum atomic E-state index is 0.907. The molecule has 0 saturated heterocycles. The van der Waals surface area contributed by atoms with Gasteiger partial charge in [-0.15, -0.1) is 11.3 Å². The molecule has 0 radical (unpaired) electrons. The van der Waals surface area contributed by atoms with Crippen LogP contribution < -0.4 is 0 Å². The van der Waals surface area contributed by atoms with Gasteiger partial charge in [-0.05, 0) is 11.4 Å². The second kappa shape index (κ2) is 1.32. The Labute approximate surface area is 49.7 Å². The topological polar surface area (TPSA) is 26.0 Å². The summed E-state index contributed by atoms with van der Waals surface area (Å²) < 4.78 is 4.83. The molecule has 2 rings (SSSR count). The van der Waals surface area contributed by atoms with Gasteiger partial charge in [-0.1, -0.05) is 5.16 Å². The summed E-state index contributed by atoms with van der Waals surface area (Å²) in [5.41, 5.74) is 0. The first-order valence-electron chi connectivity index (χ1n) is 2.25. The molecule has 2 nitrogen and oxygen atoms in total. The van der Waals surface area contributed by atoms with Crippen LogP contribution in [0.3, 0.4) is 0 Å². The molecule has 3 heteroatoms. The molecule has 0 saturated carbocycles. The third kappa shape index (κ3) is 0.391. The lowest BCUT2D eigenvalue weighted by atomic mass is 10.5. The van der Waals surface area contributed by atoms with Gasteiger partial charge in [-0.3, -0.25) is 0 Å². The minimum absolute atomic E-state index is 0.907. The Bertz CT molecular complexity index is 234. The molecule has 0 spiro atoms. The van der Waals surface area contributed by atoms with E-state index in [0.717, 1.165) is 10.3 Å². The maximum Gasteiger partial charge on any atom is 0.220 e. The normalized spacial score (nSPS) is 10.5. The molecule has 40 valence electrons. The van der Waals surface area contributed by atoms with Crippen molar-refractivity contribution in [3.63, 3.8) is 0 Å². The van der Waals surface area contributed by atoms with E-state index in [0.29, 0.717) is 0 Å². The summed E-state index contributed by atoms with van der Waals surface area (Å²) in [4.78, 5) is 0.907. The largest absolute Gasteiger partial charge is 0.345 e. The van der Waals surface area contributed by atoms with E-state index < -0.39 is 0 Å². The second-order valence-corrected chi connectivity index (χ2v) is 2.37. The Morgan fingerprint density at radius 2 is 2.62 bits per heavy atom. The van der Waals surface area contributed by atoms with Gasteiger partial charge in [-0.2, -0.15) is 0 Å². The molecule has 0 aliphatic carbocycles. The summed E-state index contributed by atoms with van der Waals surface area (Å²) >= 11 is 1.56. The SMILES string of the molecule is c1cc2cnoc2s1. The van der Waals surface area contributed by atoms with E-state index in [1.165, 1.54) is 0 Å². The third-order valence-corrected chi connectivity index (χ3v) is 1.78. The highest BCUT2D eigenvalue weighted by atomic mass is 32.1. The van der Waals surface area contributed by atoms with Crippen LogP contribution in [-0.4, -0.2) is 5.16 Å². The Morgan fingerprint density at radius 3 is 3.50 bits per heavy atom. The molecule has 0 aliphatic rings. The fourth-order valence-electron chi connectivity index (χ4n) is 0.606. The monoisotopic (exact) mass is 125 g/mol. The number of fused-ring (bicyclic) bond motifs is 1.